The van der Waals surface area contributed by atoms with E-state index in [0.717, 1.165) is 40.2 Å². The maximum Gasteiger partial charge on any atom is 0.261 e. The van der Waals surface area contributed by atoms with Crippen molar-refractivity contribution in [2.24, 2.45) is 0 Å². The Morgan fingerprint density at radius 1 is 0.933 bits per heavy atom. The van der Waals surface area contributed by atoms with E-state index in [0.29, 0.717) is 11.5 Å². The Bertz CT molecular complexity index is 1210. The number of carbonyl (C=O) groups is 1. The van der Waals surface area contributed by atoms with Crippen molar-refractivity contribution >= 4 is 11.6 Å². The van der Waals surface area contributed by atoms with Gasteiger partial charge in [-0.15, -0.1) is 0 Å². The molecule has 4 aromatic rings. The van der Waals surface area contributed by atoms with Gasteiger partial charge in [-0.25, -0.2) is 13.8 Å². The molecule has 1 amide bonds. The lowest BCUT2D eigenvalue weighted by Gasteiger charge is -2.10. The molecular formula is C23H18F2N4O. The predicted octanol–water partition coefficient (Wildman–Crippen LogP) is 5.29. The number of aryl methyl sites for hydroxylation is 2. The van der Waals surface area contributed by atoms with Crippen LogP contribution in [0.1, 0.15) is 21.7 Å². The Hall–Kier alpha value is -3.87. The standard InChI is InChI=1S/C23H18F2N4O/c1-13-6-7-16(22-26-14(2)28-29-22)12-18(13)15-8-10-17(11-9-15)27-23(30)21-19(24)4-3-5-20(21)25/h3-12H,1-2H3,(H,27,30)(H,26,28,29). The monoisotopic (exact) mass is 404 g/mol. The number of hydrogen-bond acceptors (Lipinski definition) is 3. The van der Waals surface area contributed by atoms with Gasteiger partial charge < -0.3 is 5.32 Å². The number of benzene rings is 3. The third-order valence-corrected chi connectivity index (χ3v) is 4.74. The molecule has 7 heteroatoms. The van der Waals surface area contributed by atoms with Gasteiger partial charge in [0.15, 0.2) is 5.82 Å². The van der Waals surface area contributed by atoms with Gasteiger partial charge >= 0.3 is 0 Å². The molecule has 30 heavy (non-hydrogen) atoms. The first-order valence-corrected chi connectivity index (χ1v) is 9.28. The smallest absolute Gasteiger partial charge is 0.261 e. The molecule has 4 rings (SSSR count). The molecule has 0 unspecified atom stereocenters. The van der Waals surface area contributed by atoms with Crippen molar-refractivity contribution in [2.45, 2.75) is 13.8 Å². The molecule has 0 bridgehead atoms. The van der Waals surface area contributed by atoms with Crippen LogP contribution in [0.5, 0.6) is 0 Å². The minimum atomic E-state index is -0.904. The number of aromatic nitrogens is 3. The number of aromatic amines is 1. The van der Waals surface area contributed by atoms with Gasteiger partial charge in [0.1, 0.15) is 23.0 Å². The second kappa shape index (κ2) is 7.87. The zero-order valence-electron chi connectivity index (χ0n) is 16.3. The Morgan fingerprint density at radius 2 is 1.60 bits per heavy atom. The van der Waals surface area contributed by atoms with E-state index in [2.05, 4.69) is 20.5 Å². The van der Waals surface area contributed by atoms with Crippen LogP contribution < -0.4 is 5.32 Å². The molecule has 0 aliphatic rings. The predicted molar refractivity (Wildman–Crippen MR) is 111 cm³/mol. The summed E-state index contributed by atoms with van der Waals surface area (Å²) in [6.45, 7) is 3.84. The molecule has 0 atom stereocenters. The number of H-pyrrole nitrogens is 1. The summed E-state index contributed by atoms with van der Waals surface area (Å²) in [7, 11) is 0. The molecule has 3 aromatic carbocycles. The number of hydrogen-bond donors (Lipinski definition) is 2. The molecule has 0 radical (unpaired) electrons. The van der Waals surface area contributed by atoms with Crippen molar-refractivity contribution in [1.82, 2.24) is 15.2 Å². The fourth-order valence-electron chi connectivity index (χ4n) is 3.19. The van der Waals surface area contributed by atoms with E-state index in [1.165, 1.54) is 6.07 Å². The van der Waals surface area contributed by atoms with Gasteiger partial charge in [-0.3, -0.25) is 9.89 Å². The van der Waals surface area contributed by atoms with Crippen LogP contribution in [0.15, 0.2) is 60.7 Å². The van der Waals surface area contributed by atoms with Crippen molar-refractivity contribution in [3.8, 4) is 22.5 Å². The van der Waals surface area contributed by atoms with Crippen molar-refractivity contribution < 1.29 is 13.6 Å². The van der Waals surface area contributed by atoms with E-state index in [9.17, 15) is 13.6 Å². The highest BCUT2D eigenvalue weighted by molar-refractivity contribution is 6.04. The average molecular weight is 404 g/mol. The van der Waals surface area contributed by atoms with Gasteiger partial charge in [0.05, 0.1) is 0 Å². The lowest BCUT2D eigenvalue weighted by molar-refractivity contribution is 0.101. The van der Waals surface area contributed by atoms with E-state index in [4.69, 9.17) is 0 Å². The van der Waals surface area contributed by atoms with Crippen LogP contribution in [0, 0.1) is 25.5 Å². The summed E-state index contributed by atoms with van der Waals surface area (Å²) in [5.74, 6) is -1.29. The second-order valence-electron chi connectivity index (χ2n) is 6.90. The number of rotatable bonds is 4. The molecule has 0 saturated carbocycles. The van der Waals surface area contributed by atoms with Crippen LogP contribution >= 0.6 is 0 Å². The minimum absolute atomic E-state index is 0.435. The Balaban J connectivity index is 1.59. The Kier molecular flexibility index (Phi) is 5.10. The van der Waals surface area contributed by atoms with E-state index >= 15 is 0 Å². The molecule has 0 aliphatic heterocycles. The van der Waals surface area contributed by atoms with Crippen molar-refractivity contribution in [3.63, 3.8) is 0 Å². The molecular weight excluding hydrogens is 386 g/mol. The SMILES string of the molecule is Cc1nc(-c2ccc(C)c(-c3ccc(NC(=O)c4c(F)cccc4F)cc3)c2)n[nH]1. The lowest BCUT2D eigenvalue weighted by atomic mass is 9.97. The number of anilines is 1. The van der Waals surface area contributed by atoms with E-state index < -0.39 is 23.1 Å². The van der Waals surface area contributed by atoms with Gasteiger partial charge in [0, 0.05) is 11.3 Å². The molecule has 1 aromatic heterocycles. The maximum atomic E-state index is 13.8. The first-order valence-electron chi connectivity index (χ1n) is 9.28. The molecule has 0 spiro atoms. The quantitative estimate of drug-likeness (QED) is 0.486. The number of nitrogens with one attached hydrogen (secondary N) is 2. The van der Waals surface area contributed by atoms with Gasteiger partial charge in [0.25, 0.3) is 5.91 Å². The van der Waals surface area contributed by atoms with Crippen LogP contribution in [0.25, 0.3) is 22.5 Å². The third-order valence-electron chi connectivity index (χ3n) is 4.74. The van der Waals surface area contributed by atoms with Crippen LogP contribution in [0.3, 0.4) is 0 Å². The molecule has 1 heterocycles. The van der Waals surface area contributed by atoms with Crippen molar-refractivity contribution in [3.05, 3.63) is 89.2 Å². The van der Waals surface area contributed by atoms with Crippen LogP contribution in [0.2, 0.25) is 0 Å². The van der Waals surface area contributed by atoms with Crippen LogP contribution in [-0.2, 0) is 0 Å². The van der Waals surface area contributed by atoms with E-state index in [1.807, 2.05) is 44.2 Å². The molecule has 0 saturated heterocycles. The fraction of sp³-hybridized carbons (Fsp3) is 0.0870. The van der Waals surface area contributed by atoms with Gasteiger partial charge in [-0.05, 0) is 60.9 Å². The van der Waals surface area contributed by atoms with E-state index in [-0.39, 0.29) is 0 Å². The Labute approximate surface area is 171 Å². The largest absolute Gasteiger partial charge is 0.322 e. The molecule has 150 valence electrons. The summed E-state index contributed by atoms with van der Waals surface area (Å²) in [5, 5.41) is 9.56. The fourth-order valence-corrected chi connectivity index (χ4v) is 3.19. The maximum absolute atomic E-state index is 13.8. The molecule has 0 fully saturated rings. The van der Waals surface area contributed by atoms with E-state index in [1.54, 1.807) is 12.1 Å². The normalized spacial score (nSPS) is 10.8. The molecule has 0 aliphatic carbocycles. The first kappa shape index (κ1) is 19.4. The number of nitrogens with zero attached hydrogens (tertiary/aromatic N) is 2. The highest BCUT2D eigenvalue weighted by Gasteiger charge is 2.17. The summed E-state index contributed by atoms with van der Waals surface area (Å²) in [4.78, 5) is 16.6. The van der Waals surface area contributed by atoms with Crippen LogP contribution in [0.4, 0.5) is 14.5 Å². The highest BCUT2D eigenvalue weighted by Crippen LogP contribution is 2.29. The zero-order chi connectivity index (χ0) is 21.3. The average Bonchev–Trinajstić information content (AvgIpc) is 3.15. The topological polar surface area (TPSA) is 70.7 Å². The van der Waals surface area contributed by atoms with Gasteiger partial charge in [-0.1, -0.05) is 30.3 Å². The minimum Gasteiger partial charge on any atom is -0.322 e. The summed E-state index contributed by atoms with van der Waals surface area (Å²) in [5.41, 5.74) is 3.70. The summed E-state index contributed by atoms with van der Waals surface area (Å²) in [6.07, 6.45) is 0. The van der Waals surface area contributed by atoms with Gasteiger partial charge in [-0.2, -0.15) is 5.10 Å². The second-order valence-corrected chi connectivity index (χ2v) is 6.90. The summed E-state index contributed by atoms with van der Waals surface area (Å²) in [6, 6.07) is 16.3. The number of amides is 1. The number of halogens is 2. The third kappa shape index (κ3) is 3.82. The summed E-state index contributed by atoms with van der Waals surface area (Å²) < 4.78 is 27.6. The highest BCUT2D eigenvalue weighted by atomic mass is 19.1. The van der Waals surface area contributed by atoms with Crippen molar-refractivity contribution in [2.75, 3.05) is 5.32 Å². The first-order chi connectivity index (χ1) is 14.4. The van der Waals surface area contributed by atoms with Crippen LogP contribution in [-0.4, -0.2) is 21.1 Å². The number of carbonyl (C=O) groups excluding carboxylic acids is 1. The summed E-state index contributed by atoms with van der Waals surface area (Å²) >= 11 is 0. The molecule has 2 N–H and O–H groups in total. The molecule has 5 nitrogen and oxygen atoms in total. The Morgan fingerprint density at radius 3 is 2.23 bits per heavy atom. The van der Waals surface area contributed by atoms with Crippen molar-refractivity contribution in [1.29, 1.82) is 0 Å². The van der Waals surface area contributed by atoms with Gasteiger partial charge in [0.2, 0.25) is 0 Å². The lowest BCUT2D eigenvalue weighted by Crippen LogP contribution is -2.15. The zero-order valence-corrected chi connectivity index (χ0v) is 16.3.